The lowest BCUT2D eigenvalue weighted by Gasteiger charge is -2.27. The van der Waals surface area contributed by atoms with Gasteiger partial charge in [-0.3, -0.25) is 10.1 Å². The summed E-state index contributed by atoms with van der Waals surface area (Å²) in [5.74, 6) is -0.476. The first-order valence-electron chi connectivity index (χ1n) is 6.62. The molecule has 108 valence electrons. The second-order valence-electron chi connectivity index (χ2n) is 5.23. The van der Waals surface area contributed by atoms with E-state index >= 15 is 0 Å². The van der Waals surface area contributed by atoms with Gasteiger partial charge in [-0.25, -0.2) is 9.78 Å². The van der Waals surface area contributed by atoms with Crippen LogP contribution in [-0.4, -0.2) is 27.0 Å². The highest BCUT2D eigenvalue weighted by molar-refractivity contribution is 5.86. The topological polar surface area (TPSA) is 105 Å². The van der Waals surface area contributed by atoms with Crippen LogP contribution in [0.4, 0.5) is 11.5 Å². The monoisotopic (exact) mass is 279 g/mol. The van der Waals surface area contributed by atoms with Crippen LogP contribution in [0, 0.1) is 16.0 Å². The molecule has 1 aromatic heterocycles. The molecule has 2 rings (SSSR count). The third kappa shape index (κ3) is 3.23. The summed E-state index contributed by atoms with van der Waals surface area (Å²) in [5.41, 5.74) is -0.379. The number of aromatic carboxylic acids is 1. The lowest BCUT2D eigenvalue weighted by Crippen LogP contribution is -2.26. The van der Waals surface area contributed by atoms with Crippen molar-refractivity contribution in [3.63, 3.8) is 0 Å². The molecular formula is C13H17N3O4. The Kier molecular flexibility index (Phi) is 4.16. The Morgan fingerprint density at radius 3 is 2.60 bits per heavy atom. The molecule has 0 aromatic carbocycles. The Morgan fingerprint density at radius 2 is 2.05 bits per heavy atom. The summed E-state index contributed by atoms with van der Waals surface area (Å²) in [6.45, 7) is 2.18. The molecule has 1 fully saturated rings. The van der Waals surface area contributed by atoms with E-state index in [4.69, 9.17) is 5.11 Å². The molecule has 7 nitrogen and oxygen atoms in total. The number of carbonyl (C=O) groups is 1. The Morgan fingerprint density at radius 1 is 1.40 bits per heavy atom. The van der Waals surface area contributed by atoms with Crippen molar-refractivity contribution in [2.75, 3.05) is 5.32 Å². The van der Waals surface area contributed by atoms with E-state index in [1.165, 1.54) is 6.07 Å². The van der Waals surface area contributed by atoms with Crippen LogP contribution < -0.4 is 5.32 Å². The fraction of sp³-hybridized carbons (Fsp3) is 0.538. The number of hydrogen-bond donors (Lipinski definition) is 2. The number of carboxylic acid groups (broad SMARTS) is 1. The molecule has 1 aliphatic rings. The maximum absolute atomic E-state index is 11.0. The fourth-order valence-electron chi connectivity index (χ4n) is 2.42. The zero-order valence-electron chi connectivity index (χ0n) is 11.2. The first kappa shape index (κ1) is 14.2. The van der Waals surface area contributed by atoms with Crippen LogP contribution >= 0.6 is 0 Å². The van der Waals surface area contributed by atoms with Gasteiger partial charge in [0, 0.05) is 12.1 Å². The molecule has 0 radical (unpaired) electrons. The van der Waals surface area contributed by atoms with Crippen LogP contribution in [0.1, 0.15) is 43.1 Å². The van der Waals surface area contributed by atoms with Gasteiger partial charge in [-0.2, -0.15) is 0 Å². The normalized spacial score (nSPS) is 22.2. The van der Waals surface area contributed by atoms with Gasteiger partial charge in [0.1, 0.15) is 0 Å². The zero-order valence-corrected chi connectivity index (χ0v) is 11.2. The summed E-state index contributed by atoms with van der Waals surface area (Å²) in [6.07, 6.45) is 3.95. The third-order valence-corrected chi connectivity index (χ3v) is 3.65. The minimum absolute atomic E-state index is 0.0504. The summed E-state index contributed by atoms with van der Waals surface area (Å²) in [4.78, 5) is 25.2. The Hall–Kier alpha value is -2.18. The minimum atomic E-state index is -1.19. The van der Waals surface area contributed by atoms with E-state index < -0.39 is 10.9 Å². The van der Waals surface area contributed by atoms with Crippen molar-refractivity contribution in [1.82, 2.24) is 4.98 Å². The van der Waals surface area contributed by atoms with Gasteiger partial charge in [-0.1, -0.05) is 6.92 Å². The molecule has 1 saturated carbocycles. The first-order chi connectivity index (χ1) is 9.47. The number of nitrogens with one attached hydrogen (secondary N) is 1. The van der Waals surface area contributed by atoms with Gasteiger partial charge in [0.15, 0.2) is 5.69 Å². The summed E-state index contributed by atoms with van der Waals surface area (Å²) in [5, 5.41) is 22.9. The summed E-state index contributed by atoms with van der Waals surface area (Å²) >= 11 is 0. The van der Waals surface area contributed by atoms with E-state index in [0.29, 0.717) is 5.92 Å². The van der Waals surface area contributed by atoms with Crippen LogP contribution in [-0.2, 0) is 0 Å². The van der Waals surface area contributed by atoms with E-state index in [1.54, 1.807) is 0 Å². The molecule has 1 aromatic rings. The first-order valence-corrected chi connectivity index (χ1v) is 6.62. The molecule has 0 unspecified atom stereocenters. The number of aromatic nitrogens is 1. The Balaban J connectivity index is 2.21. The highest BCUT2D eigenvalue weighted by Crippen LogP contribution is 2.29. The summed E-state index contributed by atoms with van der Waals surface area (Å²) in [7, 11) is 0. The molecule has 0 spiro atoms. The van der Waals surface area contributed by atoms with Crippen LogP contribution in [0.15, 0.2) is 12.1 Å². The zero-order chi connectivity index (χ0) is 14.7. The quantitative estimate of drug-likeness (QED) is 0.648. The van der Waals surface area contributed by atoms with E-state index in [0.717, 1.165) is 31.7 Å². The van der Waals surface area contributed by atoms with Crippen molar-refractivity contribution in [1.29, 1.82) is 0 Å². The molecule has 0 amide bonds. The van der Waals surface area contributed by atoms with Crippen molar-refractivity contribution in [2.45, 2.75) is 38.6 Å². The van der Waals surface area contributed by atoms with Gasteiger partial charge in [-0.05, 0) is 37.7 Å². The molecule has 1 heterocycles. The maximum Gasteiger partial charge on any atom is 0.354 e. The highest BCUT2D eigenvalue weighted by atomic mass is 16.6. The average Bonchev–Trinajstić information content (AvgIpc) is 2.41. The molecule has 7 heteroatoms. The Bertz CT molecular complexity index is 524. The number of carboxylic acids is 1. The average molecular weight is 279 g/mol. The molecule has 0 aliphatic heterocycles. The van der Waals surface area contributed by atoms with Gasteiger partial charge in [-0.15, -0.1) is 0 Å². The SMILES string of the molecule is CC1CCC(Nc2nc(C(=O)O)ccc2[N+](=O)[O-])CC1. The number of nitrogens with zero attached hydrogens (tertiary/aromatic N) is 2. The summed E-state index contributed by atoms with van der Waals surface area (Å²) < 4.78 is 0. The maximum atomic E-state index is 11.0. The van der Waals surface area contributed by atoms with Gasteiger partial charge in [0.25, 0.3) is 0 Å². The standard InChI is InChI=1S/C13H17N3O4/c1-8-2-4-9(5-3-8)14-12-11(16(19)20)7-6-10(15-12)13(17)18/h6-9H,2-5H2,1H3,(H,14,15)(H,17,18). The van der Waals surface area contributed by atoms with Gasteiger partial charge in [0.2, 0.25) is 5.82 Å². The molecule has 2 N–H and O–H groups in total. The smallest absolute Gasteiger partial charge is 0.354 e. The van der Waals surface area contributed by atoms with Crippen LogP contribution in [0.5, 0.6) is 0 Å². The Labute approximate surface area is 116 Å². The van der Waals surface area contributed by atoms with Gasteiger partial charge in [0.05, 0.1) is 4.92 Å². The number of pyridine rings is 1. The number of rotatable bonds is 4. The van der Waals surface area contributed by atoms with Crippen LogP contribution in [0.25, 0.3) is 0 Å². The van der Waals surface area contributed by atoms with Crippen LogP contribution in [0.2, 0.25) is 0 Å². The van der Waals surface area contributed by atoms with E-state index in [2.05, 4.69) is 17.2 Å². The van der Waals surface area contributed by atoms with E-state index in [1.807, 2.05) is 0 Å². The molecule has 0 saturated heterocycles. The summed E-state index contributed by atoms with van der Waals surface area (Å²) in [6, 6.07) is 2.44. The van der Waals surface area contributed by atoms with Crippen molar-refractivity contribution in [2.24, 2.45) is 5.92 Å². The van der Waals surface area contributed by atoms with Gasteiger partial charge >= 0.3 is 11.7 Å². The molecule has 20 heavy (non-hydrogen) atoms. The second-order valence-corrected chi connectivity index (χ2v) is 5.23. The molecule has 0 bridgehead atoms. The molecular weight excluding hydrogens is 262 g/mol. The van der Waals surface area contributed by atoms with Crippen molar-refractivity contribution < 1.29 is 14.8 Å². The number of hydrogen-bond acceptors (Lipinski definition) is 5. The highest BCUT2D eigenvalue weighted by Gasteiger charge is 2.23. The molecule has 0 atom stereocenters. The van der Waals surface area contributed by atoms with Crippen molar-refractivity contribution in [3.05, 3.63) is 27.9 Å². The number of anilines is 1. The predicted molar refractivity (Wildman–Crippen MR) is 72.9 cm³/mol. The largest absolute Gasteiger partial charge is 0.477 e. The lowest BCUT2D eigenvalue weighted by molar-refractivity contribution is -0.384. The predicted octanol–water partition coefficient (Wildman–Crippen LogP) is 2.68. The van der Waals surface area contributed by atoms with Crippen LogP contribution in [0.3, 0.4) is 0 Å². The number of nitro groups is 1. The lowest BCUT2D eigenvalue weighted by atomic mass is 9.87. The van der Waals surface area contributed by atoms with Gasteiger partial charge < -0.3 is 10.4 Å². The third-order valence-electron chi connectivity index (χ3n) is 3.65. The minimum Gasteiger partial charge on any atom is -0.477 e. The van der Waals surface area contributed by atoms with Crippen molar-refractivity contribution in [3.8, 4) is 0 Å². The second kappa shape index (κ2) is 5.85. The van der Waals surface area contributed by atoms with Crippen molar-refractivity contribution >= 4 is 17.5 Å². The fourth-order valence-corrected chi connectivity index (χ4v) is 2.42. The molecule has 1 aliphatic carbocycles. The van der Waals surface area contributed by atoms with E-state index in [9.17, 15) is 14.9 Å². The van der Waals surface area contributed by atoms with E-state index in [-0.39, 0.29) is 23.2 Å².